The van der Waals surface area contributed by atoms with Crippen LogP contribution in [0.1, 0.15) is 11.1 Å². The van der Waals surface area contributed by atoms with Crippen LogP contribution in [0.4, 0.5) is 5.69 Å². The van der Waals surface area contributed by atoms with E-state index in [2.05, 4.69) is 24.2 Å². The summed E-state index contributed by atoms with van der Waals surface area (Å²) in [5, 5.41) is 5.27. The van der Waals surface area contributed by atoms with E-state index in [0.717, 1.165) is 11.3 Å². The molecule has 0 aliphatic rings. The molecule has 0 amide bonds. The molecule has 3 aromatic rings. The van der Waals surface area contributed by atoms with E-state index < -0.39 is 0 Å². The number of halogens is 1. The maximum atomic E-state index is 6.09. The van der Waals surface area contributed by atoms with Crippen LogP contribution in [0.5, 0.6) is 0 Å². The maximum absolute atomic E-state index is 6.09. The number of rotatable bonds is 3. The number of hydrogen-bond acceptors (Lipinski definition) is 2. The Bertz CT molecular complexity index is 777. The Morgan fingerprint density at radius 1 is 1.14 bits per heavy atom. The van der Waals surface area contributed by atoms with E-state index in [1.54, 1.807) is 0 Å². The molecular weight excluding hydrogens is 282 g/mol. The normalized spacial score (nSPS) is 10.8. The largest absolute Gasteiger partial charge is 0.396 e. The summed E-state index contributed by atoms with van der Waals surface area (Å²) in [6, 6.07) is 15.8. The van der Waals surface area contributed by atoms with Crippen molar-refractivity contribution in [2.24, 2.45) is 0 Å². The fourth-order valence-electron chi connectivity index (χ4n) is 2.34. The lowest BCUT2D eigenvalue weighted by Gasteiger charge is -2.05. The molecule has 1 aromatic heterocycles. The Morgan fingerprint density at radius 2 is 1.95 bits per heavy atom. The van der Waals surface area contributed by atoms with Gasteiger partial charge in [0.2, 0.25) is 0 Å². The molecule has 106 valence electrons. The molecule has 0 atom stereocenters. The lowest BCUT2D eigenvalue weighted by molar-refractivity contribution is 0.687. The minimum absolute atomic E-state index is 0.658. The maximum Gasteiger partial charge on any atom is 0.115 e. The van der Waals surface area contributed by atoms with Crippen molar-refractivity contribution in [3.05, 3.63) is 70.9 Å². The van der Waals surface area contributed by atoms with Gasteiger partial charge in [0.05, 0.1) is 12.2 Å². The zero-order chi connectivity index (χ0) is 14.8. The van der Waals surface area contributed by atoms with Gasteiger partial charge in [-0.05, 0) is 30.2 Å². The molecule has 0 aliphatic heterocycles. The van der Waals surface area contributed by atoms with Crippen molar-refractivity contribution in [3.8, 4) is 11.3 Å². The molecule has 3 rings (SSSR count). The molecule has 0 aliphatic carbocycles. The summed E-state index contributed by atoms with van der Waals surface area (Å²) in [4.78, 5) is 0. The number of benzene rings is 2. The van der Waals surface area contributed by atoms with E-state index >= 15 is 0 Å². The second-order valence-electron chi connectivity index (χ2n) is 5.07. The first-order valence-electron chi connectivity index (χ1n) is 6.77. The molecule has 2 N–H and O–H groups in total. The molecule has 3 nitrogen and oxygen atoms in total. The third-order valence-electron chi connectivity index (χ3n) is 3.48. The van der Waals surface area contributed by atoms with Crippen LogP contribution in [0, 0.1) is 6.92 Å². The smallest absolute Gasteiger partial charge is 0.115 e. The zero-order valence-electron chi connectivity index (χ0n) is 11.8. The van der Waals surface area contributed by atoms with Crippen molar-refractivity contribution in [2.75, 3.05) is 5.73 Å². The zero-order valence-corrected chi connectivity index (χ0v) is 12.5. The average molecular weight is 298 g/mol. The summed E-state index contributed by atoms with van der Waals surface area (Å²) in [5.74, 6) is 0. The van der Waals surface area contributed by atoms with Crippen LogP contribution >= 0.6 is 11.6 Å². The lowest BCUT2D eigenvalue weighted by Crippen LogP contribution is -2.02. The number of anilines is 1. The number of aryl methyl sites for hydroxylation is 1. The fraction of sp³-hybridized carbons (Fsp3) is 0.118. The van der Waals surface area contributed by atoms with E-state index in [4.69, 9.17) is 17.3 Å². The Hall–Kier alpha value is -2.26. The van der Waals surface area contributed by atoms with Gasteiger partial charge in [0.1, 0.15) is 5.69 Å². The van der Waals surface area contributed by atoms with Gasteiger partial charge in [0.15, 0.2) is 0 Å². The third kappa shape index (κ3) is 2.93. The van der Waals surface area contributed by atoms with Gasteiger partial charge in [-0.2, -0.15) is 5.10 Å². The highest BCUT2D eigenvalue weighted by Gasteiger charge is 2.09. The number of nitrogen functional groups attached to an aromatic ring is 1. The molecule has 0 spiro atoms. The van der Waals surface area contributed by atoms with Crippen LogP contribution < -0.4 is 5.73 Å². The second-order valence-corrected chi connectivity index (χ2v) is 5.50. The average Bonchev–Trinajstić information content (AvgIpc) is 2.82. The summed E-state index contributed by atoms with van der Waals surface area (Å²) in [7, 11) is 0. The molecule has 0 radical (unpaired) electrons. The van der Waals surface area contributed by atoms with Crippen LogP contribution in [0.2, 0.25) is 5.02 Å². The monoisotopic (exact) mass is 297 g/mol. The van der Waals surface area contributed by atoms with Crippen molar-refractivity contribution >= 4 is 17.3 Å². The summed E-state index contributed by atoms with van der Waals surface area (Å²) < 4.78 is 1.87. The van der Waals surface area contributed by atoms with Crippen LogP contribution in [0.15, 0.2) is 54.7 Å². The Morgan fingerprint density at radius 3 is 2.71 bits per heavy atom. The van der Waals surface area contributed by atoms with Gasteiger partial charge in [-0.1, -0.05) is 48.0 Å². The number of hydrogen-bond donors (Lipinski definition) is 1. The first-order chi connectivity index (χ1) is 10.1. The van der Waals surface area contributed by atoms with Crippen molar-refractivity contribution < 1.29 is 0 Å². The highest BCUT2D eigenvalue weighted by atomic mass is 35.5. The lowest BCUT2D eigenvalue weighted by atomic mass is 10.1. The predicted octanol–water partition coefficient (Wildman–Crippen LogP) is 4.14. The van der Waals surface area contributed by atoms with Crippen molar-refractivity contribution in [3.63, 3.8) is 0 Å². The van der Waals surface area contributed by atoms with Gasteiger partial charge in [-0.15, -0.1) is 0 Å². The topological polar surface area (TPSA) is 43.8 Å². The summed E-state index contributed by atoms with van der Waals surface area (Å²) in [5.41, 5.74) is 10.9. The van der Waals surface area contributed by atoms with Crippen LogP contribution in [-0.4, -0.2) is 9.78 Å². The van der Waals surface area contributed by atoms with Gasteiger partial charge in [0, 0.05) is 16.8 Å². The molecule has 4 heteroatoms. The minimum atomic E-state index is 0.658. The minimum Gasteiger partial charge on any atom is -0.396 e. The highest BCUT2D eigenvalue weighted by molar-refractivity contribution is 6.30. The Kier molecular flexibility index (Phi) is 3.67. The summed E-state index contributed by atoms with van der Waals surface area (Å²) in [6.45, 7) is 2.80. The first kappa shape index (κ1) is 13.7. The molecule has 0 saturated heterocycles. The molecule has 0 fully saturated rings. The van der Waals surface area contributed by atoms with Gasteiger partial charge in [-0.3, -0.25) is 4.68 Å². The van der Waals surface area contributed by atoms with Crippen molar-refractivity contribution in [1.29, 1.82) is 0 Å². The predicted molar refractivity (Wildman–Crippen MR) is 87.4 cm³/mol. The van der Waals surface area contributed by atoms with Crippen LogP contribution in [0.3, 0.4) is 0 Å². The van der Waals surface area contributed by atoms with E-state index in [1.807, 2.05) is 47.3 Å². The van der Waals surface area contributed by atoms with Crippen molar-refractivity contribution in [2.45, 2.75) is 13.5 Å². The first-order valence-corrected chi connectivity index (χ1v) is 7.14. The van der Waals surface area contributed by atoms with Gasteiger partial charge < -0.3 is 5.73 Å². The summed E-state index contributed by atoms with van der Waals surface area (Å²) in [6.07, 6.45) is 1.86. The quantitative estimate of drug-likeness (QED) is 0.789. The molecule has 0 saturated carbocycles. The van der Waals surface area contributed by atoms with Crippen LogP contribution in [0.25, 0.3) is 11.3 Å². The second kappa shape index (κ2) is 5.62. The third-order valence-corrected chi connectivity index (χ3v) is 3.72. The van der Waals surface area contributed by atoms with Gasteiger partial charge in [-0.25, -0.2) is 0 Å². The molecular formula is C17H16ClN3. The standard InChI is InChI=1S/C17H16ClN3/c1-12-5-2-3-6-14(12)10-21-11-16(19)17(20-21)13-7-4-8-15(18)9-13/h2-9,11H,10,19H2,1H3. The van der Waals surface area contributed by atoms with Gasteiger partial charge in [0.25, 0.3) is 0 Å². The van der Waals surface area contributed by atoms with Gasteiger partial charge >= 0.3 is 0 Å². The van der Waals surface area contributed by atoms with E-state index in [-0.39, 0.29) is 0 Å². The van der Waals surface area contributed by atoms with Crippen LogP contribution in [-0.2, 0) is 6.54 Å². The molecule has 0 unspecified atom stereocenters. The van der Waals surface area contributed by atoms with E-state index in [9.17, 15) is 0 Å². The van der Waals surface area contributed by atoms with Crippen molar-refractivity contribution in [1.82, 2.24) is 9.78 Å². The van der Waals surface area contributed by atoms with E-state index in [0.29, 0.717) is 17.3 Å². The number of aromatic nitrogens is 2. The molecule has 21 heavy (non-hydrogen) atoms. The van der Waals surface area contributed by atoms with E-state index in [1.165, 1.54) is 11.1 Å². The Balaban J connectivity index is 1.93. The summed E-state index contributed by atoms with van der Waals surface area (Å²) >= 11 is 6.03. The molecule has 0 bridgehead atoms. The number of nitrogens with two attached hydrogens (primary N) is 1. The Labute approximate surface area is 129 Å². The SMILES string of the molecule is Cc1ccccc1Cn1cc(N)c(-c2cccc(Cl)c2)n1. The molecule has 1 heterocycles. The molecule has 2 aromatic carbocycles. The fourth-order valence-corrected chi connectivity index (χ4v) is 2.53. The number of nitrogens with zero attached hydrogens (tertiary/aromatic N) is 2. The highest BCUT2D eigenvalue weighted by Crippen LogP contribution is 2.26.